The predicted octanol–water partition coefficient (Wildman–Crippen LogP) is 3.22. The van der Waals surface area contributed by atoms with Crippen molar-refractivity contribution in [1.29, 1.82) is 0 Å². The van der Waals surface area contributed by atoms with Crippen molar-refractivity contribution in [3.63, 3.8) is 0 Å². The highest BCUT2D eigenvalue weighted by Crippen LogP contribution is 2.26. The van der Waals surface area contributed by atoms with Crippen molar-refractivity contribution in [2.45, 2.75) is 38.1 Å². The molecular weight excluding hydrogens is 350 g/mol. The minimum absolute atomic E-state index is 0.274. The summed E-state index contributed by atoms with van der Waals surface area (Å²) >= 11 is 3.35. The second kappa shape index (κ2) is 7.63. The predicted molar refractivity (Wildman–Crippen MR) is 86.2 cm³/mol. The number of carbonyl (C=O) groups is 2. The highest BCUT2D eigenvalue weighted by Gasteiger charge is 2.31. The molecule has 0 bridgehead atoms. The van der Waals surface area contributed by atoms with E-state index < -0.39 is 11.9 Å². The molecule has 0 radical (unpaired) electrons. The number of methoxy groups -OCH3 is 1. The highest BCUT2D eigenvalue weighted by atomic mass is 79.9. The van der Waals surface area contributed by atoms with Crippen LogP contribution >= 0.6 is 15.9 Å². The van der Waals surface area contributed by atoms with Gasteiger partial charge in [-0.15, -0.1) is 0 Å². The second-order valence-electron chi connectivity index (χ2n) is 5.51. The molecule has 1 saturated carbocycles. The first kappa shape index (κ1) is 16.8. The maximum absolute atomic E-state index is 12.5. The van der Waals surface area contributed by atoms with Crippen LogP contribution in [0.1, 0.15) is 42.5 Å². The molecule has 22 heavy (non-hydrogen) atoms. The van der Waals surface area contributed by atoms with E-state index in [0.717, 1.165) is 19.3 Å². The van der Waals surface area contributed by atoms with Crippen LogP contribution < -0.4 is 10.1 Å². The SMILES string of the molecule is COc1ccc(Br)c(C(=O)N[C@H]2CCCCC[C@H]2C(=O)O)c1. The number of hydrogen-bond acceptors (Lipinski definition) is 3. The van der Waals surface area contributed by atoms with Crippen molar-refractivity contribution < 1.29 is 19.4 Å². The van der Waals surface area contributed by atoms with E-state index in [0.29, 0.717) is 28.6 Å². The summed E-state index contributed by atoms with van der Waals surface area (Å²) in [6.45, 7) is 0. The summed E-state index contributed by atoms with van der Waals surface area (Å²) < 4.78 is 5.79. The van der Waals surface area contributed by atoms with Crippen LogP contribution in [-0.4, -0.2) is 30.1 Å². The summed E-state index contributed by atoms with van der Waals surface area (Å²) in [6.07, 6.45) is 4.16. The fraction of sp³-hybridized carbons (Fsp3) is 0.500. The molecule has 1 aromatic carbocycles. The number of carboxylic acid groups (broad SMARTS) is 1. The number of carboxylic acids is 1. The molecule has 1 amide bonds. The molecular formula is C16H20BrNO4. The Morgan fingerprint density at radius 2 is 2.00 bits per heavy atom. The third-order valence-corrected chi connectivity index (χ3v) is 4.76. The summed E-state index contributed by atoms with van der Waals surface area (Å²) in [6, 6.07) is 4.82. The van der Waals surface area contributed by atoms with Gasteiger partial charge in [-0.1, -0.05) is 19.3 Å². The van der Waals surface area contributed by atoms with Crippen molar-refractivity contribution in [3.8, 4) is 5.75 Å². The lowest BCUT2D eigenvalue weighted by Gasteiger charge is -2.23. The fourth-order valence-electron chi connectivity index (χ4n) is 2.83. The molecule has 1 aliphatic rings. The van der Waals surface area contributed by atoms with E-state index >= 15 is 0 Å². The van der Waals surface area contributed by atoms with Crippen molar-refractivity contribution in [1.82, 2.24) is 5.32 Å². The molecule has 0 aromatic heterocycles. The summed E-state index contributed by atoms with van der Waals surface area (Å²) in [5.74, 6) is -1.04. The van der Waals surface area contributed by atoms with Crippen LogP contribution in [-0.2, 0) is 4.79 Å². The number of amides is 1. The smallest absolute Gasteiger partial charge is 0.308 e. The van der Waals surface area contributed by atoms with Gasteiger partial charge in [-0.2, -0.15) is 0 Å². The highest BCUT2D eigenvalue weighted by molar-refractivity contribution is 9.10. The topological polar surface area (TPSA) is 75.6 Å². The van der Waals surface area contributed by atoms with Crippen LogP contribution in [0.25, 0.3) is 0 Å². The van der Waals surface area contributed by atoms with Gasteiger partial charge in [0.15, 0.2) is 0 Å². The summed E-state index contributed by atoms with van der Waals surface area (Å²) in [4.78, 5) is 23.9. The Kier molecular flexibility index (Phi) is 5.83. The Bertz CT molecular complexity index is 561. The van der Waals surface area contributed by atoms with Gasteiger partial charge in [-0.05, 0) is 47.0 Å². The van der Waals surface area contributed by atoms with Crippen molar-refractivity contribution >= 4 is 27.8 Å². The van der Waals surface area contributed by atoms with Crippen molar-refractivity contribution in [3.05, 3.63) is 28.2 Å². The number of halogens is 1. The number of hydrogen-bond donors (Lipinski definition) is 2. The van der Waals surface area contributed by atoms with Crippen LogP contribution in [0.5, 0.6) is 5.75 Å². The number of nitrogens with one attached hydrogen (secondary N) is 1. The maximum Gasteiger partial charge on any atom is 0.308 e. The minimum Gasteiger partial charge on any atom is -0.497 e. The summed E-state index contributed by atoms with van der Waals surface area (Å²) in [5, 5.41) is 12.3. The average molecular weight is 370 g/mol. The molecule has 2 rings (SSSR count). The summed E-state index contributed by atoms with van der Waals surface area (Å²) in [7, 11) is 1.54. The average Bonchev–Trinajstić information content (AvgIpc) is 2.73. The Morgan fingerprint density at radius 1 is 1.27 bits per heavy atom. The minimum atomic E-state index is -0.836. The van der Waals surface area contributed by atoms with Gasteiger partial charge < -0.3 is 15.2 Å². The first-order chi connectivity index (χ1) is 10.5. The van der Waals surface area contributed by atoms with E-state index in [4.69, 9.17) is 4.74 Å². The zero-order chi connectivity index (χ0) is 16.1. The van der Waals surface area contributed by atoms with E-state index in [-0.39, 0.29) is 11.9 Å². The van der Waals surface area contributed by atoms with E-state index in [1.165, 1.54) is 7.11 Å². The van der Waals surface area contributed by atoms with E-state index in [9.17, 15) is 14.7 Å². The van der Waals surface area contributed by atoms with Crippen LogP contribution in [0.3, 0.4) is 0 Å². The van der Waals surface area contributed by atoms with Crippen LogP contribution in [0, 0.1) is 5.92 Å². The number of aliphatic carboxylic acids is 1. The Labute approximate surface area is 138 Å². The van der Waals surface area contributed by atoms with Crippen LogP contribution in [0.4, 0.5) is 0 Å². The zero-order valence-electron chi connectivity index (χ0n) is 12.5. The van der Waals surface area contributed by atoms with Gasteiger partial charge in [0, 0.05) is 10.5 Å². The standard InChI is InChI=1S/C16H20BrNO4/c1-22-10-7-8-13(17)12(9-10)15(19)18-14-6-4-2-3-5-11(14)16(20)21/h7-9,11,14H,2-6H2,1H3,(H,18,19)(H,20,21)/t11-,14+/m1/s1. The van der Waals surface area contributed by atoms with Gasteiger partial charge in [0.05, 0.1) is 18.6 Å². The number of rotatable bonds is 4. The number of benzene rings is 1. The van der Waals surface area contributed by atoms with Gasteiger partial charge in [-0.25, -0.2) is 0 Å². The lowest BCUT2D eigenvalue weighted by atomic mass is 9.94. The Balaban J connectivity index is 2.17. The third-order valence-electron chi connectivity index (χ3n) is 4.07. The maximum atomic E-state index is 12.5. The molecule has 6 heteroatoms. The fourth-order valence-corrected chi connectivity index (χ4v) is 3.25. The molecule has 2 atom stereocenters. The molecule has 1 aromatic rings. The number of carbonyl (C=O) groups excluding carboxylic acids is 1. The van der Waals surface area contributed by atoms with Gasteiger partial charge in [0.1, 0.15) is 5.75 Å². The Morgan fingerprint density at radius 3 is 2.68 bits per heavy atom. The molecule has 0 unspecified atom stereocenters. The second-order valence-corrected chi connectivity index (χ2v) is 6.36. The molecule has 1 fully saturated rings. The van der Waals surface area contributed by atoms with Crippen molar-refractivity contribution in [2.24, 2.45) is 5.92 Å². The van der Waals surface area contributed by atoms with E-state index in [1.54, 1.807) is 18.2 Å². The molecule has 5 nitrogen and oxygen atoms in total. The van der Waals surface area contributed by atoms with E-state index in [1.807, 2.05) is 0 Å². The van der Waals surface area contributed by atoms with Crippen LogP contribution in [0.2, 0.25) is 0 Å². The van der Waals surface area contributed by atoms with Crippen molar-refractivity contribution in [2.75, 3.05) is 7.11 Å². The van der Waals surface area contributed by atoms with Gasteiger partial charge in [0.2, 0.25) is 0 Å². The molecule has 0 spiro atoms. The van der Waals surface area contributed by atoms with Gasteiger partial charge in [0.25, 0.3) is 5.91 Å². The molecule has 1 aliphatic carbocycles. The van der Waals surface area contributed by atoms with Gasteiger partial charge in [-0.3, -0.25) is 9.59 Å². The number of ether oxygens (including phenoxy) is 1. The monoisotopic (exact) mass is 369 g/mol. The molecule has 2 N–H and O–H groups in total. The normalized spacial score (nSPS) is 21.7. The third kappa shape index (κ3) is 4.00. The molecule has 0 aliphatic heterocycles. The largest absolute Gasteiger partial charge is 0.497 e. The molecule has 0 saturated heterocycles. The first-order valence-corrected chi connectivity index (χ1v) is 8.19. The first-order valence-electron chi connectivity index (χ1n) is 7.40. The molecule has 120 valence electrons. The van der Waals surface area contributed by atoms with Crippen LogP contribution in [0.15, 0.2) is 22.7 Å². The lowest BCUT2D eigenvalue weighted by Crippen LogP contribution is -2.42. The summed E-state index contributed by atoms with van der Waals surface area (Å²) in [5.41, 5.74) is 0.452. The molecule has 0 heterocycles. The lowest BCUT2D eigenvalue weighted by molar-refractivity contribution is -0.142. The Hall–Kier alpha value is -1.56. The van der Waals surface area contributed by atoms with E-state index in [2.05, 4.69) is 21.2 Å². The zero-order valence-corrected chi connectivity index (χ0v) is 14.1. The quantitative estimate of drug-likeness (QED) is 0.798. The van der Waals surface area contributed by atoms with Gasteiger partial charge >= 0.3 is 5.97 Å².